The van der Waals surface area contributed by atoms with Gasteiger partial charge in [-0.05, 0) is 30.7 Å². The Bertz CT molecular complexity index is 600. The van der Waals surface area contributed by atoms with Gasteiger partial charge in [-0.15, -0.1) is 0 Å². The van der Waals surface area contributed by atoms with E-state index in [4.69, 9.17) is 5.73 Å². The van der Waals surface area contributed by atoms with E-state index >= 15 is 0 Å². The molecule has 0 saturated carbocycles. The van der Waals surface area contributed by atoms with Crippen LogP contribution in [0.4, 0.5) is 17.6 Å². The number of halogens is 4. The fraction of sp³-hybridized carbons (Fsp3) is 0.200. The van der Waals surface area contributed by atoms with Crippen molar-refractivity contribution >= 4 is 0 Å². The van der Waals surface area contributed by atoms with Gasteiger partial charge in [-0.2, -0.15) is 13.2 Å². The fourth-order valence-electron chi connectivity index (χ4n) is 2.04. The number of hydrogen-bond donors (Lipinski definition) is 1. The maximum atomic E-state index is 13.8. The molecule has 0 aliphatic rings. The van der Waals surface area contributed by atoms with Crippen LogP contribution in [0.25, 0.3) is 0 Å². The molecule has 2 aromatic carbocycles. The zero-order valence-corrected chi connectivity index (χ0v) is 10.7. The second-order valence-corrected chi connectivity index (χ2v) is 4.76. The zero-order valence-electron chi connectivity index (χ0n) is 10.7. The first kappa shape index (κ1) is 14.5. The average molecular weight is 283 g/mol. The molecule has 1 atom stereocenters. The average Bonchev–Trinajstić information content (AvgIpc) is 2.38. The van der Waals surface area contributed by atoms with Gasteiger partial charge in [0.1, 0.15) is 5.82 Å². The Labute approximate surface area is 114 Å². The molecule has 1 nitrogen and oxygen atoms in total. The maximum absolute atomic E-state index is 13.8. The zero-order chi connectivity index (χ0) is 15.0. The molecule has 2 aromatic rings. The first-order valence-electron chi connectivity index (χ1n) is 5.94. The Morgan fingerprint density at radius 1 is 0.850 bits per heavy atom. The summed E-state index contributed by atoms with van der Waals surface area (Å²) in [7, 11) is 0. The van der Waals surface area contributed by atoms with E-state index in [2.05, 4.69) is 0 Å². The lowest BCUT2D eigenvalue weighted by molar-refractivity contribution is -0.137. The van der Waals surface area contributed by atoms with Crippen molar-refractivity contribution in [3.05, 3.63) is 71.0 Å². The van der Waals surface area contributed by atoms with Gasteiger partial charge in [0.15, 0.2) is 0 Å². The van der Waals surface area contributed by atoms with E-state index in [9.17, 15) is 17.6 Å². The van der Waals surface area contributed by atoms with Crippen LogP contribution in [-0.4, -0.2) is 0 Å². The summed E-state index contributed by atoms with van der Waals surface area (Å²) in [5, 5.41) is 0. The molecule has 0 aliphatic heterocycles. The van der Waals surface area contributed by atoms with Crippen molar-refractivity contribution in [2.75, 3.05) is 0 Å². The lowest BCUT2D eigenvalue weighted by Gasteiger charge is -2.26. The van der Waals surface area contributed by atoms with E-state index in [0.717, 1.165) is 12.1 Å². The molecule has 0 aliphatic carbocycles. The van der Waals surface area contributed by atoms with Crippen LogP contribution in [0.2, 0.25) is 0 Å². The Morgan fingerprint density at radius 2 is 1.35 bits per heavy atom. The van der Waals surface area contributed by atoms with Crippen molar-refractivity contribution in [2.45, 2.75) is 18.6 Å². The molecular weight excluding hydrogens is 270 g/mol. The SMILES string of the molecule is CC(N)(c1ccc(C(F)(F)F)cc1)c1ccccc1F. The smallest absolute Gasteiger partial charge is 0.318 e. The molecule has 1 unspecified atom stereocenters. The molecule has 106 valence electrons. The molecule has 5 heteroatoms. The van der Waals surface area contributed by atoms with Gasteiger partial charge in [-0.1, -0.05) is 30.3 Å². The van der Waals surface area contributed by atoms with E-state index in [0.29, 0.717) is 5.56 Å². The summed E-state index contributed by atoms with van der Waals surface area (Å²) in [5.41, 5.74) is 4.79. The van der Waals surface area contributed by atoms with Crippen LogP contribution in [0, 0.1) is 5.82 Å². The highest BCUT2D eigenvalue weighted by atomic mass is 19.4. The van der Waals surface area contributed by atoms with Gasteiger partial charge in [-0.3, -0.25) is 0 Å². The Kier molecular flexibility index (Phi) is 3.56. The van der Waals surface area contributed by atoms with Crippen molar-refractivity contribution in [3.8, 4) is 0 Å². The fourth-order valence-corrected chi connectivity index (χ4v) is 2.04. The molecule has 0 fully saturated rings. The van der Waals surface area contributed by atoms with Crippen molar-refractivity contribution in [1.82, 2.24) is 0 Å². The summed E-state index contributed by atoms with van der Waals surface area (Å²) in [5.74, 6) is -0.489. The molecule has 2 N–H and O–H groups in total. The highest BCUT2D eigenvalue weighted by molar-refractivity contribution is 5.39. The Morgan fingerprint density at radius 3 is 1.85 bits per heavy atom. The van der Waals surface area contributed by atoms with Crippen LogP contribution in [0.3, 0.4) is 0 Å². The van der Waals surface area contributed by atoms with Gasteiger partial charge in [0, 0.05) is 5.56 Å². The van der Waals surface area contributed by atoms with Gasteiger partial charge in [0.25, 0.3) is 0 Å². The molecule has 0 saturated heterocycles. The quantitative estimate of drug-likeness (QED) is 0.826. The summed E-state index contributed by atoms with van der Waals surface area (Å²) in [6, 6.07) is 10.4. The predicted molar refractivity (Wildman–Crippen MR) is 68.5 cm³/mol. The monoisotopic (exact) mass is 283 g/mol. The second-order valence-electron chi connectivity index (χ2n) is 4.76. The van der Waals surface area contributed by atoms with Crippen molar-refractivity contribution in [2.24, 2.45) is 5.73 Å². The molecule has 0 amide bonds. The van der Waals surface area contributed by atoms with E-state index in [1.165, 1.54) is 30.3 Å². The van der Waals surface area contributed by atoms with Crippen molar-refractivity contribution in [1.29, 1.82) is 0 Å². The first-order chi connectivity index (χ1) is 9.23. The number of alkyl halides is 3. The molecule has 0 bridgehead atoms. The lowest BCUT2D eigenvalue weighted by atomic mass is 9.85. The van der Waals surface area contributed by atoms with Crippen LogP contribution < -0.4 is 5.73 Å². The molecule has 0 heterocycles. The predicted octanol–water partition coefficient (Wildman–Crippen LogP) is 4.07. The van der Waals surface area contributed by atoms with Crippen LogP contribution in [0.15, 0.2) is 48.5 Å². The van der Waals surface area contributed by atoms with Gasteiger partial charge in [-0.25, -0.2) is 4.39 Å². The van der Waals surface area contributed by atoms with Gasteiger partial charge in [0.05, 0.1) is 11.1 Å². The topological polar surface area (TPSA) is 26.0 Å². The minimum atomic E-state index is -4.40. The van der Waals surface area contributed by atoms with E-state index in [1.807, 2.05) is 0 Å². The molecule has 0 spiro atoms. The van der Waals surface area contributed by atoms with Gasteiger partial charge >= 0.3 is 6.18 Å². The Hall–Kier alpha value is -1.88. The number of rotatable bonds is 2. The first-order valence-corrected chi connectivity index (χ1v) is 5.94. The number of hydrogen-bond acceptors (Lipinski definition) is 1. The third-order valence-corrected chi connectivity index (χ3v) is 3.25. The standard InChI is InChI=1S/C15H13F4N/c1-14(20,12-4-2-3-5-13(12)16)10-6-8-11(9-7-10)15(17,18)19/h2-9H,20H2,1H3. The molecule has 20 heavy (non-hydrogen) atoms. The summed E-state index contributed by atoms with van der Waals surface area (Å²) in [4.78, 5) is 0. The van der Waals surface area contributed by atoms with Crippen molar-refractivity contribution in [3.63, 3.8) is 0 Å². The minimum absolute atomic E-state index is 0.236. The summed E-state index contributed by atoms with van der Waals surface area (Å²) >= 11 is 0. The largest absolute Gasteiger partial charge is 0.416 e. The van der Waals surface area contributed by atoms with Crippen LogP contribution in [-0.2, 0) is 11.7 Å². The minimum Gasteiger partial charge on any atom is -0.318 e. The van der Waals surface area contributed by atoms with Gasteiger partial charge in [0.2, 0.25) is 0 Å². The van der Waals surface area contributed by atoms with Crippen LogP contribution in [0.1, 0.15) is 23.6 Å². The van der Waals surface area contributed by atoms with Crippen molar-refractivity contribution < 1.29 is 17.6 Å². The molecule has 0 radical (unpaired) electrons. The Balaban J connectivity index is 2.43. The summed E-state index contributed by atoms with van der Waals surface area (Å²) in [6.45, 7) is 1.56. The normalized spacial score (nSPS) is 14.9. The third kappa shape index (κ3) is 2.67. The van der Waals surface area contributed by atoms with Crippen LogP contribution >= 0.6 is 0 Å². The highest BCUT2D eigenvalue weighted by Crippen LogP contribution is 2.33. The third-order valence-electron chi connectivity index (χ3n) is 3.25. The van der Waals surface area contributed by atoms with E-state index in [-0.39, 0.29) is 5.56 Å². The summed E-state index contributed by atoms with van der Waals surface area (Å²) in [6.07, 6.45) is -4.40. The second kappa shape index (κ2) is 4.90. The molecule has 2 rings (SSSR count). The summed E-state index contributed by atoms with van der Waals surface area (Å²) < 4.78 is 51.3. The van der Waals surface area contributed by atoms with E-state index in [1.54, 1.807) is 13.0 Å². The molecule has 0 aromatic heterocycles. The molecular formula is C15H13F4N. The number of nitrogens with two attached hydrogens (primary N) is 1. The highest BCUT2D eigenvalue weighted by Gasteiger charge is 2.32. The number of benzene rings is 2. The van der Waals surface area contributed by atoms with E-state index < -0.39 is 23.1 Å². The van der Waals surface area contributed by atoms with Gasteiger partial charge < -0.3 is 5.73 Å². The maximum Gasteiger partial charge on any atom is 0.416 e. The lowest BCUT2D eigenvalue weighted by Crippen LogP contribution is -2.35. The van der Waals surface area contributed by atoms with Crippen LogP contribution in [0.5, 0.6) is 0 Å².